The van der Waals surface area contributed by atoms with Crippen molar-refractivity contribution in [2.45, 2.75) is 25.2 Å². The number of nitrogens with zero attached hydrogens (tertiary/aromatic N) is 1. The predicted molar refractivity (Wildman–Crippen MR) is 75.8 cm³/mol. The van der Waals surface area contributed by atoms with Gasteiger partial charge in [-0.2, -0.15) is 0 Å². The predicted octanol–water partition coefficient (Wildman–Crippen LogP) is 3.01. The molecule has 0 saturated carbocycles. The van der Waals surface area contributed by atoms with E-state index in [4.69, 9.17) is 10.7 Å². The molecular formula is C13H16ClF2NO3S. The minimum atomic E-state index is -4.40. The molecule has 0 N–H and O–H groups in total. The first-order chi connectivity index (χ1) is 9.54. The van der Waals surface area contributed by atoms with Crippen LogP contribution in [0.3, 0.4) is 0 Å². The molecule has 0 bridgehead atoms. The molecular weight excluding hydrogens is 324 g/mol. The highest BCUT2D eigenvalue weighted by Gasteiger charge is 2.24. The van der Waals surface area contributed by atoms with Crippen molar-refractivity contribution in [2.24, 2.45) is 5.92 Å². The third kappa shape index (κ3) is 4.64. The SMILES string of the molecule is CC(C)CCN(C)C(=O)c1cc(S(=O)(=O)Cl)c(F)cc1F. The topological polar surface area (TPSA) is 54.5 Å². The summed E-state index contributed by atoms with van der Waals surface area (Å²) in [6, 6.07) is 0.972. The standard InChI is InChI=1S/C13H16ClF2NO3S/c1-8(2)4-5-17(3)13(18)9-6-12(21(14,19)20)11(16)7-10(9)15/h6-8H,4-5H2,1-3H3. The second kappa shape index (κ2) is 6.70. The number of carbonyl (C=O) groups excluding carboxylic acids is 1. The normalized spacial score (nSPS) is 11.8. The van der Waals surface area contributed by atoms with Gasteiger partial charge in [0.25, 0.3) is 15.0 Å². The molecule has 0 aliphatic carbocycles. The van der Waals surface area contributed by atoms with Crippen molar-refractivity contribution in [3.63, 3.8) is 0 Å². The third-order valence-electron chi connectivity index (χ3n) is 2.90. The quantitative estimate of drug-likeness (QED) is 0.775. The van der Waals surface area contributed by atoms with Crippen molar-refractivity contribution in [3.8, 4) is 0 Å². The first-order valence-electron chi connectivity index (χ1n) is 6.23. The fourth-order valence-electron chi connectivity index (χ4n) is 1.64. The number of halogens is 3. The Bertz CT molecular complexity index is 647. The molecule has 0 aliphatic rings. The number of amides is 1. The smallest absolute Gasteiger partial charge is 0.264 e. The molecule has 1 amide bonds. The Balaban J connectivity index is 3.16. The van der Waals surface area contributed by atoms with Crippen LogP contribution in [-0.2, 0) is 9.05 Å². The number of benzene rings is 1. The van der Waals surface area contributed by atoms with Crippen LogP contribution >= 0.6 is 10.7 Å². The van der Waals surface area contributed by atoms with Crippen LogP contribution in [0.15, 0.2) is 17.0 Å². The zero-order valence-corrected chi connectivity index (χ0v) is 13.4. The van der Waals surface area contributed by atoms with Gasteiger partial charge in [0, 0.05) is 30.3 Å². The van der Waals surface area contributed by atoms with E-state index in [1.54, 1.807) is 0 Å². The summed E-state index contributed by atoms with van der Waals surface area (Å²) in [6.07, 6.45) is 0.700. The van der Waals surface area contributed by atoms with E-state index in [1.807, 2.05) is 13.8 Å². The van der Waals surface area contributed by atoms with Crippen molar-refractivity contribution in [2.75, 3.05) is 13.6 Å². The van der Waals surface area contributed by atoms with Gasteiger partial charge in [-0.25, -0.2) is 17.2 Å². The molecule has 0 heterocycles. The summed E-state index contributed by atoms with van der Waals surface area (Å²) in [7, 11) is 2.12. The molecule has 0 fully saturated rings. The van der Waals surface area contributed by atoms with Crippen molar-refractivity contribution < 1.29 is 22.0 Å². The minimum Gasteiger partial charge on any atom is -0.342 e. The van der Waals surface area contributed by atoms with Gasteiger partial charge in [-0.15, -0.1) is 0 Å². The summed E-state index contributed by atoms with van der Waals surface area (Å²) >= 11 is 0. The molecule has 0 saturated heterocycles. The Kier molecular flexibility index (Phi) is 5.69. The Labute approximate surface area is 127 Å². The third-order valence-corrected chi connectivity index (χ3v) is 4.24. The highest BCUT2D eigenvalue weighted by molar-refractivity contribution is 8.13. The van der Waals surface area contributed by atoms with Gasteiger partial charge in [0.1, 0.15) is 16.5 Å². The van der Waals surface area contributed by atoms with Crippen LogP contribution in [-0.4, -0.2) is 32.8 Å². The lowest BCUT2D eigenvalue weighted by atomic mass is 10.1. The molecule has 0 aromatic heterocycles. The van der Waals surface area contributed by atoms with E-state index in [-0.39, 0.29) is 0 Å². The van der Waals surface area contributed by atoms with Gasteiger partial charge in [-0.3, -0.25) is 4.79 Å². The van der Waals surface area contributed by atoms with Crippen LogP contribution in [0.4, 0.5) is 8.78 Å². The Morgan fingerprint density at radius 3 is 2.33 bits per heavy atom. The zero-order chi connectivity index (χ0) is 16.4. The highest BCUT2D eigenvalue weighted by atomic mass is 35.7. The first kappa shape index (κ1) is 17.8. The molecule has 0 atom stereocenters. The summed E-state index contributed by atoms with van der Waals surface area (Å²) < 4.78 is 49.5. The molecule has 0 unspecified atom stereocenters. The van der Waals surface area contributed by atoms with Crippen LogP contribution in [0.25, 0.3) is 0 Å². The van der Waals surface area contributed by atoms with Gasteiger partial charge in [-0.05, 0) is 18.4 Å². The van der Waals surface area contributed by atoms with E-state index in [1.165, 1.54) is 11.9 Å². The summed E-state index contributed by atoms with van der Waals surface area (Å²) in [5.74, 6) is -2.84. The largest absolute Gasteiger partial charge is 0.342 e. The van der Waals surface area contributed by atoms with Crippen molar-refractivity contribution in [3.05, 3.63) is 29.3 Å². The van der Waals surface area contributed by atoms with Gasteiger partial charge in [-0.1, -0.05) is 13.8 Å². The molecule has 1 aromatic carbocycles. The molecule has 1 aromatic rings. The van der Waals surface area contributed by atoms with Crippen molar-refractivity contribution in [1.29, 1.82) is 0 Å². The van der Waals surface area contributed by atoms with Crippen LogP contribution in [0.5, 0.6) is 0 Å². The van der Waals surface area contributed by atoms with Gasteiger partial charge < -0.3 is 4.90 Å². The average Bonchev–Trinajstić information content (AvgIpc) is 2.33. The maximum atomic E-state index is 13.7. The fraction of sp³-hybridized carbons (Fsp3) is 0.462. The first-order valence-corrected chi connectivity index (χ1v) is 8.54. The monoisotopic (exact) mass is 339 g/mol. The van der Waals surface area contributed by atoms with Crippen molar-refractivity contribution in [1.82, 2.24) is 4.90 Å². The molecule has 0 spiro atoms. The van der Waals surface area contributed by atoms with E-state index in [0.29, 0.717) is 31.0 Å². The molecule has 0 radical (unpaired) electrons. The average molecular weight is 340 g/mol. The number of hydrogen-bond acceptors (Lipinski definition) is 3. The number of rotatable bonds is 5. The lowest BCUT2D eigenvalue weighted by molar-refractivity contribution is 0.0784. The number of carbonyl (C=O) groups is 1. The molecule has 8 heteroatoms. The summed E-state index contributed by atoms with van der Waals surface area (Å²) in [6.45, 7) is 4.31. The van der Waals surface area contributed by atoms with E-state index < -0.39 is 37.1 Å². The van der Waals surface area contributed by atoms with Crippen LogP contribution in [0.1, 0.15) is 30.6 Å². The maximum absolute atomic E-state index is 13.7. The van der Waals surface area contributed by atoms with E-state index in [0.717, 1.165) is 0 Å². The number of hydrogen-bond donors (Lipinski definition) is 0. The van der Waals surface area contributed by atoms with E-state index in [2.05, 4.69) is 0 Å². The van der Waals surface area contributed by atoms with Gasteiger partial charge in [0.15, 0.2) is 0 Å². The Morgan fingerprint density at radius 2 is 1.86 bits per heavy atom. The van der Waals surface area contributed by atoms with Gasteiger partial charge in [0.05, 0.1) is 5.56 Å². The Hall–Kier alpha value is -1.21. The van der Waals surface area contributed by atoms with E-state index in [9.17, 15) is 22.0 Å². The lowest BCUT2D eigenvalue weighted by Gasteiger charge is -2.19. The maximum Gasteiger partial charge on any atom is 0.264 e. The Morgan fingerprint density at radius 1 is 1.29 bits per heavy atom. The van der Waals surface area contributed by atoms with Crippen LogP contribution in [0.2, 0.25) is 0 Å². The summed E-state index contributed by atoms with van der Waals surface area (Å²) in [4.78, 5) is 12.4. The molecule has 21 heavy (non-hydrogen) atoms. The molecule has 1 rings (SSSR count). The highest BCUT2D eigenvalue weighted by Crippen LogP contribution is 2.23. The van der Waals surface area contributed by atoms with E-state index >= 15 is 0 Å². The second-order valence-electron chi connectivity index (χ2n) is 5.11. The van der Waals surface area contributed by atoms with Crippen molar-refractivity contribution >= 4 is 25.6 Å². The minimum absolute atomic E-state index is 0.345. The van der Waals surface area contributed by atoms with Gasteiger partial charge >= 0.3 is 0 Å². The molecule has 4 nitrogen and oxygen atoms in total. The second-order valence-corrected chi connectivity index (χ2v) is 7.64. The zero-order valence-electron chi connectivity index (χ0n) is 11.9. The molecule has 118 valence electrons. The van der Waals surface area contributed by atoms with Crippen LogP contribution in [0, 0.1) is 17.6 Å². The molecule has 0 aliphatic heterocycles. The van der Waals surface area contributed by atoms with Crippen LogP contribution < -0.4 is 0 Å². The lowest BCUT2D eigenvalue weighted by Crippen LogP contribution is -2.29. The fourth-order valence-corrected chi connectivity index (χ4v) is 2.54. The summed E-state index contributed by atoms with van der Waals surface area (Å²) in [5.41, 5.74) is -0.526. The van der Waals surface area contributed by atoms with Gasteiger partial charge in [0.2, 0.25) is 0 Å². The summed E-state index contributed by atoms with van der Waals surface area (Å²) in [5, 5.41) is 0.